The zero-order valence-electron chi connectivity index (χ0n) is 11.8. The van der Waals surface area contributed by atoms with Gasteiger partial charge < -0.3 is 0 Å². The van der Waals surface area contributed by atoms with Crippen LogP contribution in [0.1, 0.15) is 24.0 Å². The second-order valence-corrected chi connectivity index (χ2v) is 6.85. The Labute approximate surface area is 124 Å². The molecule has 2 aromatic rings. The Morgan fingerprint density at radius 2 is 1.67 bits per heavy atom. The highest BCUT2D eigenvalue weighted by Crippen LogP contribution is 2.14. The van der Waals surface area contributed by atoms with E-state index in [9.17, 15) is 12.8 Å². The zero-order chi connectivity index (χ0) is 15.3. The lowest BCUT2D eigenvalue weighted by Gasteiger charge is -2.13. The van der Waals surface area contributed by atoms with Crippen molar-refractivity contribution in [3.63, 3.8) is 0 Å². The number of sulfonamides is 1. The first-order chi connectivity index (χ1) is 9.96. The summed E-state index contributed by atoms with van der Waals surface area (Å²) in [4.78, 5) is 0. The van der Waals surface area contributed by atoms with Crippen LogP contribution in [0.3, 0.4) is 0 Å². The molecule has 0 amide bonds. The third-order valence-corrected chi connectivity index (χ3v) is 4.57. The van der Waals surface area contributed by atoms with E-state index in [1.165, 1.54) is 24.3 Å². The second-order valence-electron chi connectivity index (χ2n) is 5.05. The molecule has 0 saturated heterocycles. The maximum absolute atomic E-state index is 12.8. The molecule has 0 saturated carbocycles. The standard InChI is InChI=1S/C16H18FNO2S/c1-13(15-5-3-2-4-6-15)11-18-21(19,20)12-14-7-9-16(17)10-8-14/h2-10,13,18H,11-12H2,1H3. The lowest BCUT2D eigenvalue weighted by Crippen LogP contribution is -2.28. The van der Waals surface area contributed by atoms with Gasteiger partial charge in [0.05, 0.1) is 5.75 Å². The van der Waals surface area contributed by atoms with Gasteiger partial charge in [-0.1, -0.05) is 49.4 Å². The highest BCUT2D eigenvalue weighted by molar-refractivity contribution is 7.88. The Morgan fingerprint density at radius 1 is 1.05 bits per heavy atom. The van der Waals surface area contributed by atoms with Gasteiger partial charge in [-0.2, -0.15) is 0 Å². The van der Waals surface area contributed by atoms with Crippen LogP contribution in [-0.2, 0) is 15.8 Å². The number of benzene rings is 2. The van der Waals surface area contributed by atoms with Crippen LogP contribution >= 0.6 is 0 Å². The average molecular weight is 307 g/mol. The minimum absolute atomic E-state index is 0.0918. The molecule has 21 heavy (non-hydrogen) atoms. The molecular weight excluding hydrogens is 289 g/mol. The van der Waals surface area contributed by atoms with Crippen LogP contribution in [0.2, 0.25) is 0 Å². The van der Waals surface area contributed by atoms with Gasteiger partial charge >= 0.3 is 0 Å². The summed E-state index contributed by atoms with van der Waals surface area (Å²) in [5.41, 5.74) is 1.65. The highest BCUT2D eigenvalue weighted by Gasteiger charge is 2.14. The fourth-order valence-corrected chi connectivity index (χ4v) is 3.24. The Bertz CT molecular complexity index is 669. The zero-order valence-corrected chi connectivity index (χ0v) is 12.6. The van der Waals surface area contributed by atoms with Crippen molar-refractivity contribution in [2.75, 3.05) is 6.54 Å². The number of hydrogen-bond acceptors (Lipinski definition) is 2. The van der Waals surface area contributed by atoms with Crippen LogP contribution in [0.25, 0.3) is 0 Å². The van der Waals surface area contributed by atoms with E-state index in [4.69, 9.17) is 0 Å². The van der Waals surface area contributed by atoms with Gasteiger partial charge in [0.15, 0.2) is 0 Å². The SMILES string of the molecule is CC(CNS(=O)(=O)Cc1ccc(F)cc1)c1ccccc1. The third-order valence-electron chi connectivity index (χ3n) is 3.25. The van der Waals surface area contributed by atoms with Gasteiger partial charge in [-0.3, -0.25) is 0 Å². The molecule has 5 heteroatoms. The van der Waals surface area contributed by atoms with Crippen molar-refractivity contribution in [2.24, 2.45) is 0 Å². The molecule has 1 unspecified atom stereocenters. The first kappa shape index (κ1) is 15.7. The Balaban J connectivity index is 1.94. The van der Waals surface area contributed by atoms with Crippen molar-refractivity contribution in [1.29, 1.82) is 0 Å². The highest BCUT2D eigenvalue weighted by atomic mass is 32.2. The van der Waals surface area contributed by atoms with Gasteiger partial charge in [-0.05, 0) is 29.2 Å². The second kappa shape index (κ2) is 6.83. The fraction of sp³-hybridized carbons (Fsp3) is 0.250. The van der Waals surface area contributed by atoms with E-state index in [0.717, 1.165) is 5.56 Å². The van der Waals surface area contributed by atoms with Crippen LogP contribution in [0.15, 0.2) is 54.6 Å². The molecule has 0 aromatic heterocycles. The molecule has 0 heterocycles. The maximum Gasteiger partial charge on any atom is 0.215 e. The maximum atomic E-state index is 12.8. The quantitative estimate of drug-likeness (QED) is 0.891. The summed E-state index contributed by atoms with van der Waals surface area (Å²) < 4.78 is 39.4. The van der Waals surface area contributed by atoms with Gasteiger partial charge in [0.25, 0.3) is 0 Å². The summed E-state index contributed by atoms with van der Waals surface area (Å²) in [5.74, 6) is -0.426. The number of rotatable bonds is 6. The minimum Gasteiger partial charge on any atom is -0.214 e. The molecule has 1 atom stereocenters. The summed E-state index contributed by atoms with van der Waals surface area (Å²) in [6.45, 7) is 2.31. The summed E-state index contributed by atoms with van der Waals surface area (Å²) in [6, 6.07) is 15.2. The molecule has 3 nitrogen and oxygen atoms in total. The topological polar surface area (TPSA) is 46.2 Å². The van der Waals surface area contributed by atoms with Gasteiger partial charge in [-0.25, -0.2) is 17.5 Å². The molecule has 0 bridgehead atoms. The molecular formula is C16H18FNO2S. The van der Waals surface area contributed by atoms with Crippen LogP contribution < -0.4 is 4.72 Å². The van der Waals surface area contributed by atoms with Gasteiger partial charge in [-0.15, -0.1) is 0 Å². The summed E-state index contributed by atoms with van der Waals surface area (Å²) >= 11 is 0. The summed E-state index contributed by atoms with van der Waals surface area (Å²) in [5, 5.41) is 0. The van der Waals surface area contributed by atoms with E-state index < -0.39 is 10.0 Å². The normalized spacial score (nSPS) is 13.0. The van der Waals surface area contributed by atoms with Crippen LogP contribution in [-0.4, -0.2) is 15.0 Å². The molecule has 0 spiro atoms. The lowest BCUT2D eigenvalue weighted by molar-refractivity contribution is 0.574. The molecule has 0 aliphatic heterocycles. The van der Waals surface area contributed by atoms with Crippen LogP contribution in [0.5, 0.6) is 0 Å². The van der Waals surface area contributed by atoms with E-state index in [2.05, 4.69) is 4.72 Å². The molecule has 0 aliphatic rings. The van der Waals surface area contributed by atoms with Crippen molar-refractivity contribution >= 4 is 10.0 Å². The first-order valence-electron chi connectivity index (χ1n) is 6.73. The Morgan fingerprint density at radius 3 is 2.29 bits per heavy atom. The average Bonchev–Trinajstić information content (AvgIpc) is 2.48. The molecule has 0 aliphatic carbocycles. The van der Waals surface area contributed by atoms with Crippen LogP contribution in [0.4, 0.5) is 4.39 Å². The summed E-state index contributed by atoms with van der Waals surface area (Å²) in [6.07, 6.45) is 0. The van der Waals surface area contributed by atoms with Crippen molar-refractivity contribution < 1.29 is 12.8 Å². The molecule has 2 aromatic carbocycles. The molecule has 0 radical (unpaired) electrons. The first-order valence-corrected chi connectivity index (χ1v) is 8.38. The predicted molar refractivity (Wildman–Crippen MR) is 81.9 cm³/mol. The predicted octanol–water partition coefficient (Wildman–Crippen LogP) is 3.05. The monoisotopic (exact) mass is 307 g/mol. The fourth-order valence-electron chi connectivity index (χ4n) is 2.00. The van der Waals surface area contributed by atoms with Crippen molar-refractivity contribution in [2.45, 2.75) is 18.6 Å². The van der Waals surface area contributed by atoms with Gasteiger partial charge in [0.2, 0.25) is 10.0 Å². The minimum atomic E-state index is -3.42. The third kappa shape index (κ3) is 4.95. The number of halogens is 1. The van der Waals surface area contributed by atoms with E-state index in [-0.39, 0.29) is 17.5 Å². The molecule has 112 valence electrons. The lowest BCUT2D eigenvalue weighted by atomic mass is 10.0. The number of nitrogens with one attached hydrogen (secondary N) is 1. The Hall–Kier alpha value is -1.72. The Kier molecular flexibility index (Phi) is 5.09. The number of hydrogen-bond donors (Lipinski definition) is 1. The van der Waals surface area contributed by atoms with E-state index in [1.54, 1.807) is 0 Å². The van der Waals surface area contributed by atoms with E-state index in [1.807, 2.05) is 37.3 Å². The van der Waals surface area contributed by atoms with Crippen LogP contribution in [0, 0.1) is 5.82 Å². The molecule has 2 rings (SSSR count). The summed E-state index contributed by atoms with van der Waals surface area (Å²) in [7, 11) is -3.42. The molecule has 0 fully saturated rings. The smallest absolute Gasteiger partial charge is 0.214 e. The van der Waals surface area contributed by atoms with E-state index in [0.29, 0.717) is 12.1 Å². The van der Waals surface area contributed by atoms with Crippen molar-refractivity contribution in [1.82, 2.24) is 4.72 Å². The molecule has 1 N–H and O–H groups in total. The van der Waals surface area contributed by atoms with E-state index >= 15 is 0 Å². The van der Waals surface area contributed by atoms with Gasteiger partial charge in [0.1, 0.15) is 5.82 Å². The largest absolute Gasteiger partial charge is 0.215 e. The van der Waals surface area contributed by atoms with Crippen molar-refractivity contribution in [3.05, 3.63) is 71.5 Å². The van der Waals surface area contributed by atoms with Gasteiger partial charge in [0, 0.05) is 6.54 Å². The van der Waals surface area contributed by atoms with Crippen molar-refractivity contribution in [3.8, 4) is 0 Å².